The second-order valence-corrected chi connectivity index (χ2v) is 9.26. The minimum absolute atomic E-state index is 0.200. The lowest BCUT2D eigenvalue weighted by molar-refractivity contribution is -0.111. The van der Waals surface area contributed by atoms with E-state index in [1.165, 1.54) is 11.5 Å². The molecule has 0 saturated heterocycles. The number of nitrogens with one attached hydrogen (secondary N) is 3. The number of aryl methyl sites for hydroxylation is 1. The van der Waals surface area contributed by atoms with Crippen LogP contribution < -0.4 is 16.0 Å². The molecule has 0 unspecified atom stereocenters. The quantitative estimate of drug-likeness (QED) is 0.234. The second-order valence-electron chi connectivity index (χ2n) is 8.40. The number of anilines is 5. The normalized spacial score (nSPS) is 11.2. The van der Waals surface area contributed by atoms with Gasteiger partial charge in [0, 0.05) is 24.5 Å². The van der Waals surface area contributed by atoms with Gasteiger partial charge in [-0.05, 0) is 77.6 Å². The number of fused-ring (bicyclic) bond motifs is 1. The highest BCUT2D eigenvalue weighted by Crippen LogP contribution is 2.29. The highest BCUT2D eigenvalue weighted by atomic mass is 79.9. The molecular formula is C27H27BrN6O. The van der Waals surface area contributed by atoms with Crippen LogP contribution in [-0.2, 0) is 4.79 Å². The number of hydrogen-bond acceptors (Lipinski definition) is 6. The van der Waals surface area contributed by atoms with Crippen LogP contribution in [0, 0.1) is 6.92 Å². The Balaban J connectivity index is 1.54. The largest absolute Gasteiger partial charge is 0.339 e. The molecule has 1 amide bonds. The first kappa shape index (κ1) is 24.4. The van der Waals surface area contributed by atoms with Crippen molar-refractivity contribution in [3.8, 4) is 0 Å². The molecule has 0 bridgehead atoms. The Labute approximate surface area is 213 Å². The van der Waals surface area contributed by atoms with Crippen LogP contribution in [0.3, 0.4) is 0 Å². The van der Waals surface area contributed by atoms with Gasteiger partial charge in [0.2, 0.25) is 11.9 Å². The average molecular weight is 531 g/mol. The Kier molecular flexibility index (Phi) is 7.74. The van der Waals surface area contributed by atoms with Gasteiger partial charge in [-0.2, -0.15) is 4.98 Å². The number of halogens is 1. The van der Waals surface area contributed by atoms with Crippen molar-refractivity contribution in [1.82, 2.24) is 14.9 Å². The van der Waals surface area contributed by atoms with Gasteiger partial charge < -0.3 is 20.9 Å². The van der Waals surface area contributed by atoms with Gasteiger partial charge in [0.1, 0.15) is 5.82 Å². The number of carbonyl (C=O) groups excluding carboxylic acids is 1. The summed E-state index contributed by atoms with van der Waals surface area (Å²) in [6.45, 7) is 2.68. The summed E-state index contributed by atoms with van der Waals surface area (Å²) in [6.07, 6.45) is 5.04. The molecule has 4 aromatic rings. The molecule has 8 heteroatoms. The highest BCUT2D eigenvalue weighted by Gasteiger charge is 2.10. The van der Waals surface area contributed by atoms with Crippen LogP contribution in [0.15, 0.2) is 83.5 Å². The van der Waals surface area contributed by atoms with Gasteiger partial charge in [-0.1, -0.05) is 42.5 Å². The lowest BCUT2D eigenvalue weighted by Crippen LogP contribution is -2.13. The summed E-state index contributed by atoms with van der Waals surface area (Å²) in [6, 6.07) is 20.1. The smallest absolute Gasteiger partial charge is 0.248 e. The Bertz CT molecular complexity index is 1390. The lowest BCUT2D eigenvalue weighted by Gasteiger charge is -2.14. The van der Waals surface area contributed by atoms with Crippen molar-refractivity contribution < 1.29 is 4.79 Å². The maximum Gasteiger partial charge on any atom is 0.248 e. The second kappa shape index (κ2) is 11.1. The van der Waals surface area contributed by atoms with Crippen LogP contribution in [0.2, 0.25) is 0 Å². The average Bonchev–Trinajstić information content (AvgIpc) is 2.82. The van der Waals surface area contributed by atoms with Crippen molar-refractivity contribution in [1.29, 1.82) is 0 Å². The molecule has 0 aliphatic carbocycles. The molecule has 178 valence electrons. The van der Waals surface area contributed by atoms with E-state index in [1.54, 1.807) is 6.20 Å². The number of carbonyl (C=O) groups is 1. The summed E-state index contributed by atoms with van der Waals surface area (Å²) in [7, 11) is 3.90. The van der Waals surface area contributed by atoms with Gasteiger partial charge in [0.25, 0.3) is 0 Å². The van der Waals surface area contributed by atoms with Crippen LogP contribution in [0.25, 0.3) is 10.8 Å². The van der Waals surface area contributed by atoms with Crippen molar-refractivity contribution in [2.45, 2.75) is 6.92 Å². The molecule has 1 aromatic heterocycles. The fourth-order valence-corrected chi connectivity index (χ4v) is 3.74. The molecule has 4 rings (SSSR count). The Morgan fingerprint density at radius 1 is 1.00 bits per heavy atom. The standard InChI is InChI=1S/C27H27BrN6O/c1-18-10-13-23(31-25(35)9-6-14-34(2)3)24(15-18)32-27-29-17-22(28)26(33-27)30-21-12-11-19-7-4-5-8-20(19)16-21/h4-13,15-17H,14H2,1-3H3,(H,31,35)(H2,29,30,32,33)/b9-6+. The predicted octanol–water partition coefficient (Wildman–Crippen LogP) is 6.24. The van der Waals surface area contributed by atoms with Crippen LogP contribution in [0.4, 0.5) is 28.8 Å². The number of likely N-dealkylation sites (N-methyl/N-ethyl adjacent to an activating group) is 1. The third kappa shape index (κ3) is 6.65. The topological polar surface area (TPSA) is 82.2 Å². The van der Waals surface area contributed by atoms with Crippen LogP contribution in [0.5, 0.6) is 0 Å². The monoisotopic (exact) mass is 530 g/mol. The zero-order valence-electron chi connectivity index (χ0n) is 19.8. The van der Waals surface area contributed by atoms with Crippen molar-refractivity contribution in [2.24, 2.45) is 0 Å². The number of aromatic nitrogens is 2. The zero-order chi connectivity index (χ0) is 24.8. The van der Waals surface area contributed by atoms with Gasteiger partial charge in [0.05, 0.1) is 15.8 Å². The first-order valence-corrected chi connectivity index (χ1v) is 11.9. The summed E-state index contributed by atoms with van der Waals surface area (Å²) in [5.74, 6) is 0.831. The molecule has 3 N–H and O–H groups in total. The number of amides is 1. The number of hydrogen-bond donors (Lipinski definition) is 3. The van der Waals surface area contributed by atoms with E-state index in [0.717, 1.165) is 21.1 Å². The van der Waals surface area contributed by atoms with E-state index in [2.05, 4.69) is 66.1 Å². The summed E-state index contributed by atoms with van der Waals surface area (Å²) in [4.78, 5) is 23.4. The molecule has 35 heavy (non-hydrogen) atoms. The van der Waals surface area contributed by atoms with E-state index in [4.69, 9.17) is 0 Å². The predicted molar refractivity (Wildman–Crippen MR) is 148 cm³/mol. The molecule has 0 saturated carbocycles. The number of rotatable bonds is 8. The van der Waals surface area contributed by atoms with Crippen molar-refractivity contribution >= 4 is 61.4 Å². The summed E-state index contributed by atoms with van der Waals surface area (Å²) in [5, 5.41) is 11.8. The fourth-order valence-electron chi connectivity index (χ4n) is 3.45. The van der Waals surface area contributed by atoms with Gasteiger partial charge in [-0.15, -0.1) is 0 Å². The Morgan fingerprint density at radius 2 is 1.80 bits per heavy atom. The van der Waals surface area contributed by atoms with E-state index in [-0.39, 0.29) is 5.91 Å². The molecule has 0 aliphatic heterocycles. The van der Waals surface area contributed by atoms with Crippen LogP contribution in [0.1, 0.15) is 5.56 Å². The number of nitrogens with zero attached hydrogens (tertiary/aromatic N) is 3. The van der Waals surface area contributed by atoms with Crippen molar-refractivity contribution in [3.63, 3.8) is 0 Å². The molecular weight excluding hydrogens is 504 g/mol. The van der Waals surface area contributed by atoms with E-state index < -0.39 is 0 Å². The van der Waals surface area contributed by atoms with Gasteiger partial charge in [-0.3, -0.25) is 4.79 Å². The highest BCUT2D eigenvalue weighted by molar-refractivity contribution is 9.10. The maximum atomic E-state index is 12.4. The molecule has 7 nitrogen and oxygen atoms in total. The van der Waals surface area contributed by atoms with Crippen molar-refractivity contribution in [2.75, 3.05) is 36.6 Å². The lowest BCUT2D eigenvalue weighted by atomic mass is 10.1. The van der Waals surface area contributed by atoms with E-state index >= 15 is 0 Å². The van der Waals surface area contributed by atoms with Crippen LogP contribution >= 0.6 is 15.9 Å². The first-order valence-electron chi connectivity index (χ1n) is 11.2. The molecule has 1 heterocycles. The fraction of sp³-hybridized carbons (Fsp3) is 0.148. The van der Waals surface area contributed by atoms with E-state index in [1.807, 2.05) is 68.4 Å². The maximum absolute atomic E-state index is 12.4. The molecule has 0 fully saturated rings. The van der Waals surface area contributed by atoms with Gasteiger partial charge in [0.15, 0.2) is 0 Å². The van der Waals surface area contributed by atoms with Gasteiger partial charge >= 0.3 is 0 Å². The minimum atomic E-state index is -0.200. The third-order valence-corrected chi connectivity index (χ3v) is 5.76. The summed E-state index contributed by atoms with van der Waals surface area (Å²) >= 11 is 3.53. The van der Waals surface area contributed by atoms with E-state index in [0.29, 0.717) is 29.7 Å². The minimum Gasteiger partial charge on any atom is -0.339 e. The van der Waals surface area contributed by atoms with Crippen LogP contribution in [-0.4, -0.2) is 41.4 Å². The molecule has 0 aliphatic rings. The van der Waals surface area contributed by atoms with Gasteiger partial charge in [-0.25, -0.2) is 4.98 Å². The Morgan fingerprint density at radius 3 is 2.60 bits per heavy atom. The zero-order valence-corrected chi connectivity index (χ0v) is 21.4. The summed E-state index contributed by atoms with van der Waals surface area (Å²) < 4.78 is 0.736. The molecule has 0 radical (unpaired) electrons. The summed E-state index contributed by atoms with van der Waals surface area (Å²) in [5.41, 5.74) is 3.31. The Hall–Kier alpha value is -3.75. The van der Waals surface area contributed by atoms with Crippen molar-refractivity contribution in [3.05, 3.63) is 89.0 Å². The van der Waals surface area contributed by atoms with E-state index in [9.17, 15) is 4.79 Å². The first-order chi connectivity index (χ1) is 16.9. The molecule has 0 atom stereocenters. The third-order valence-electron chi connectivity index (χ3n) is 5.18. The molecule has 3 aromatic carbocycles. The number of benzene rings is 3. The SMILES string of the molecule is Cc1ccc(NC(=O)/C=C/CN(C)C)c(Nc2ncc(Br)c(Nc3ccc4ccccc4c3)n2)c1. The molecule has 0 spiro atoms.